The van der Waals surface area contributed by atoms with Crippen molar-refractivity contribution in [2.24, 2.45) is 0 Å². The molecule has 0 radical (unpaired) electrons. The number of fused-ring (bicyclic) bond motifs is 1. The minimum absolute atomic E-state index is 0.0824. The van der Waals surface area contributed by atoms with Crippen LogP contribution >= 0.6 is 11.3 Å². The molecule has 2 aliphatic heterocycles. The zero-order valence-corrected chi connectivity index (χ0v) is 18.8. The molecular formula is C22H31N5O3S. The quantitative estimate of drug-likeness (QED) is 0.688. The van der Waals surface area contributed by atoms with Gasteiger partial charge in [-0.3, -0.25) is 19.4 Å². The number of hydrogen-bond donors (Lipinski definition) is 1. The van der Waals surface area contributed by atoms with Gasteiger partial charge < -0.3 is 15.0 Å². The third kappa shape index (κ3) is 5.63. The minimum atomic E-state index is -0.0824. The number of morpholine rings is 1. The van der Waals surface area contributed by atoms with Crippen LogP contribution in [0.2, 0.25) is 0 Å². The molecule has 2 saturated heterocycles. The summed E-state index contributed by atoms with van der Waals surface area (Å²) in [5.74, 6) is 0.0748. The van der Waals surface area contributed by atoms with Gasteiger partial charge >= 0.3 is 0 Å². The first-order valence-corrected chi connectivity index (χ1v) is 12.1. The van der Waals surface area contributed by atoms with E-state index in [1.54, 1.807) is 11.3 Å². The summed E-state index contributed by atoms with van der Waals surface area (Å²) < 4.78 is 5.34. The topological polar surface area (TPSA) is 88.9 Å². The van der Waals surface area contributed by atoms with Gasteiger partial charge in [-0.25, -0.2) is 0 Å². The fourth-order valence-electron chi connectivity index (χ4n) is 4.52. The van der Waals surface area contributed by atoms with E-state index in [9.17, 15) is 14.9 Å². The van der Waals surface area contributed by atoms with Gasteiger partial charge in [-0.05, 0) is 31.2 Å². The van der Waals surface area contributed by atoms with E-state index in [0.717, 1.165) is 44.3 Å². The highest BCUT2D eigenvalue weighted by Crippen LogP contribution is 2.36. The fraction of sp³-hybridized carbons (Fsp3) is 0.682. The molecule has 0 saturated carbocycles. The van der Waals surface area contributed by atoms with Crippen LogP contribution in [0.1, 0.15) is 35.3 Å². The second-order valence-corrected chi connectivity index (χ2v) is 9.58. The molecule has 9 heteroatoms. The highest BCUT2D eigenvalue weighted by atomic mass is 32.1. The van der Waals surface area contributed by atoms with Crippen molar-refractivity contribution >= 4 is 28.2 Å². The summed E-state index contributed by atoms with van der Waals surface area (Å²) in [5.41, 5.74) is 1.81. The molecule has 0 aromatic carbocycles. The molecule has 0 unspecified atom stereocenters. The highest BCUT2D eigenvalue weighted by molar-refractivity contribution is 7.16. The molecule has 1 N–H and O–H groups in total. The van der Waals surface area contributed by atoms with Gasteiger partial charge in [0.15, 0.2) is 0 Å². The number of nitriles is 1. The normalized spacial score (nSPS) is 20.5. The Morgan fingerprint density at radius 2 is 1.68 bits per heavy atom. The van der Waals surface area contributed by atoms with E-state index in [1.807, 2.05) is 4.90 Å². The van der Waals surface area contributed by atoms with E-state index >= 15 is 0 Å². The monoisotopic (exact) mass is 445 g/mol. The molecule has 8 nitrogen and oxygen atoms in total. The van der Waals surface area contributed by atoms with Gasteiger partial charge in [0.1, 0.15) is 11.1 Å². The SMILES string of the molecule is N#Cc1c(NC(=O)CN2CCN(C(=O)CN3CCOCC3)CC2)sc2c1CCCCC2. The molecule has 1 aromatic heterocycles. The number of thiophene rings is 1. The van der Waals surface area contributed by atoms with Crippen molar-refractivity contribution in [3.63, 3.8) is 0 Å². The number of amides is 2. The predicted octanol–water partition coefficient (Wildman–Crippen LogP) is 1.30. The zero-order chi connectivity index (χ0) is 21.6. The van der Waals surface area contributed by atoms with Crippen molar-refractivity contribution in [2.75, 3.05) is 70.9 Å². The number of carbonyl (C=O) groups excluding carboxylic acids is 2. The number of rotatable bonds is 5. The van der Waals surface area contributed by atoms with Crippen molar-refractivity contribution in [1.29, 1.82) is 5.26 Å². The van der Waals surface area contributed by atoms with E-state index in [0.29, 0.717) is 63.0 Å². The lowest BCUT2D eigenvalue weighted by Crippen LogP contribution is -2.53. The molecule has 31 heavy (non-hydrogen) atoms. The second-order valence-electron chi connectivity index (χ2n) is 8.47. The molecule has 3 aliphatic rings. The molecule has 0 atom stereocenters. The molecular weight excluding hydrogens is 414 g/mol. The summed E-state index contributed by atoms with van der Waals surface area (Å²) in [7, 11) is 0. The maximum Gasteiger partial charge on any atom is 0.239 e. The largest absolute Gasteiger partial charge is 0.379 e. The van der Waals surface area contributed by atoms with Crippen LogP contribution in [0.3, 0.4) is 0 Å². The van der Waals surface area contributed by atoms with Crippen LogP contribution in [0.4, 0.5) is 5.00 Å². The number of nitrogens with zero attached hydrogens (tertiary/aromatic N) is 4. The number of hydrogen-bond acceptors (Lipinski definition) is 7. The lowest BCUT2D eigenvalue weighted by molar-refractivity contribution is -0.135. The van der Waals surface area contributed by atoms with Crippen LogP contribution in [0, 0.1) is 11.3 Å². The number of nitrogens with one attached hydrogen (secondary N) is 1. The van der Waals surface area contributed by atoms with E-state index in [4.69, 9.17) is 4.74 Å². The molecule has 2 fully saturated rings. The Hall–Kier alpha value is -1.99. The molecule has 168 valence electrons. The Balaban J connectivity index is 1.25. The molecule has 0 bridgehead atoms. The molecule has 0 spiro atoms. The number of anilines is 1. The van der Waals surface area contributed by atoms with Crippen LogP contribution in [0.25, 0.3) is 0 Å². The molecule has 1 aliphatic carbocycles. The Morgan fingerprint density at radius 3 is 2.42 bits per heavy atom. The maximum atomic E-state index is 12.7. The first-order chi connectivity index (χ1) is 15.1. The van der Waals surface area contributed by atoms with Crippen LogP contribution < -0.4 is 5.32 Å². The average molecular weight is 446 g/mol. The summed E-state index contributed by atoms with van der Waals surface area (Å²) in [4.78, 5) is 32.6. The number of piperazine rings is 1. The van der Waals surface area contributed by atoms with Crippen molar-refractivity contribution in [3.8, 4) is 6.07 Å². The summed E-state index contributed by atoms with van der Waals surface area (Å²) in [6, 6.07) is 2.32. The average Bonchev–Trinajstić information content (AvgIpc) is 2.93. The lowest BCUT2D eigenvalue weighted by atomic mass is 10.1. The fourth-order valence-corrected chi connectivity index (χ4v) is 5.78. The minimum Gasteiger partial charge on any atom is -0.379 e. The van der Waals surface area contributed by atoms with Gasteiger partial charge in [-0.1, -0.05) is 6.42 Å². The van der Waals surface area contributed by atoms with Crippen LogP contribution in [-0.4, -0.2) is 92.1 Å². The molecule has 4 rings (SSSR count). The van der Waals surface area contributed by atoms with Crippen molar-refractivity contribution in [2.45, 2.75) is 32.1 Å². The summed E-state index contributed by atoms with van der Waals surface area (Å²) in [6.45, 7) is 6.41. The third-order valence-electron chi connectivity index (χ3n) is 6.34. The number of ether oxygens (including phenoxy) is 1. The highest BCUT2D eigenvalue weighted by Gasteiger charge is 2.26. The predicted molar refractivity (Wildman–Crippen MR) is 119 cm³/mol. The first kappa shape index (κ1) is 22.2. The Labute approximate surface area is 187 Å². The maximum absolute atomic E-state index is 12.7. The summed E-state index contributed by atoms with van der Waals surface area (Å²) in [5, 5.41) is 13.3. The van der Waals surface area contributed by atoms with E-state index in [2.05, 4.69) is 21.2 Å². The second kappa shape index (κ2) is 10.6. The Morgan fingerprint density at radius 1 is 0.968 bits per heavy atom. The van der Waals surface area contributed by atoms with E-state index in [-0.39, 0.29) is 11.8 Å². The molecule has 3 heterocycles. The number of carbonyl (C=O) groups is 2. The van der Waals surface area contributed by atoms with Crippen LogP contribution in [0.5, 0.6) is 0 Å². The van der Waals surface area contributed by atoms with Gasteiger partial charge in [0.25, 0.3) is 0 Å². The smallest absolute Gasteiger partial charge is 0.239 e. The van der Waals surface area contributed by atoms with Crippen LogP contribution in [0.15, 0.2) is 0 Å². The number of aryl methyl sites for hydroxylation is 1. The van der Waals surface area contributed by atoms with Gasteiger partial charge in [-0.2, -0.15) is 5.26 Å². The summed E-state index contributed by atoms with van der Waals surface area (Å²) in [6.07, 6.45) is 5.41. The first-order valence-electron chi connectivity index (χ1n) is 11.3. The van der Waals surface area contributed by atoms with Gasteiger partial charge in [0, 0.05) is 44.1 Å². The van der Waals surface area contributed by atoms with Gasteiger partial charge in [0.2, 0.25) is 11.8 Å². The third-order valence-corrected chi connectivity index (χ3v) is 7.55. The van der Waals surface area contributed by atoms with E-state index < -0.39 is 0 Å². The standard InChI is InChI=1S/C22H31N5O3S/c23-14-18-17-4-2-1-3-5-19(17)31-22(18)24-20(28)15-25-6-8-27(9-7-25)21(29)16-26-10-12-30-13-11-26/h1-13,15-16H2,(H,24,28). The Bertz CT molecular complexity index is 835. The molecule has 2 amide bonds. The Kier molecular flexibility index (Phi) is 7.56. The molecule has 1 aromatic rings. The van der Waals surface area contributed by atoms with Gasteiger partial charge in [-0.15, -0.1) is 11.3 Å². The zero-order valence-electron chi connectivity index (χ0n) is 18.0. The van der Waals surface area contributed by atoms with E-state index in [1.165, 1.54) is 11.3 Å². The lowest BCUT2D eigenvalue weighted by Gasteiger charge is -2.36. The van der Waals surface area contributed by atoms with Gasteiger partial charge in [0.05, 0.1) is 31.9 Å². The van der Waals surface area contributed by atoms with Crippen molar-refractivity contribution in [3.05, 3.63) is 16.0 Å². The van der Waals surface area contributed by atoms with Crippen LogP contribution in [-0.2, 0) is 27.2 Å². The van der Waals surface area contributed by atoms with Crippen molar-refractivity contribution < 1.29 is 14.3 Å². The summed E-state index contributed by atoms with van der Waals surface area (Å²) >= 11 is 1.57. The van der Waals surface area contributed by atoms with Crippen molar-refractivity contribution in [1.82, 2.24) is 14.7 Å².